The Hall–Kier alpha value is -1.56. The first-order chi connectivity index (χ1) is 9.91. The molecule has 5 nitrogen and oxygen atoms in total. The Morgan fingerprint density at radius 2 is 2.14 bits per heavy atom. The van der Waals surface area contributed by atoms with Gasteiger partial charge in [0.05, 0.1) is 11.5 Å². The van der Waals surface area contributed by atoms with Gasteiger partial charge < -0.3 is 10.6 Å². The zero-order valence-corrected chi connectivity index (χ0v) is 13.3. The molecule has 1 aromatic carbocycles. The molecule has 116 valence electrons. The molecule has 1 aliphatic heterocycles. The summed E-state index contributed by atoms with van der Waals surface area (Å²) in [5.41, 5.74) is 2.43. The summed E-state index contributed by atoms with van der Waals surface area (Å²) in [4.78, 5) is 11.9. The van der Waals surface area contributed by atoms with Crippen molar-refractivity contribution in [2.75, 3.05) is 23.4 Å². The molecule has 0 saturated carbocycles. The molecule has 0 radical (unpaired) electrons. The zero-order valence-electron chi connectivity index (χ0n) is 12.5. The number of benzene rings is 1. The minimum Gasteiger partial charge on any atom is -0.381 e. The topological polar surface area (TPSA) is 75.3 Å². The Bertz CT molecular complexity index is 626. The highest BCUT2D eigenvalue weighted by atomic mass is 32.2. The van der Waals surface area contributed by atoms with Crippen molar-refractivity contribution in [2.45, 2.75) is 32.7 Å². The largest absolute Gasteiger partial charge is 0.381 e. The van der Waals surface area contributed by atoms with Crippen LogP contribution in [-0.2, 0) is 9.84 Å². The number of anilines is 1. The summed E-state index contributed by atoms with van der Waals surface area (Å²) in [6.45, 7) is 4.40. The molecule has 1 amide bonds. The molecule has 0 bridgehead atoms. The van der Waals surface area contributed by atoms with Crippen molar-refractivity contribution in [3.05, 3.63) is 29.3 Å². The summed E-state index contributed by atoms with van der Waals surface area (Å²) in [5.74, 6) is 0.331. The molecule has 21 heavy (non-hydrogen) atoms. The van der Waals surface area contributed by atoms with Crippen LogP contribution in [0.2, 0.25) is 0 Å². The SMILES string of the molecule is CCNC(=O)c1ccc(C)c(NC2CCCS(=O)(=O)C2)c1. The van der Waals surface area contributed by atoms with Gasteiger partial charge in [0.1, 0.15) is 0 Å². The Morgan fingerprint density at radius 1 is 1.38 bits per heavy atom. The molecular weight excluding hydrogens is 288 g/mol. The third-order valence-corrected chi connectivity index (χ3v) is 5.48. The van der Waals surface area contributed by atoms with Crippen LogP contribution in [0.4, 0.5) is 5.69 Å². The van der Waals surface area contributed by atoms with Crippen LogP contribution in [0.5, 0.6) is 0 Å². The number of aryl methyl sites for hydroxylation is 1. The number of sulfone groups is 1. The molecule has 1 saturated heterocycles. The van der Waals surface area contributed by atoms with Crippen molar-refractivity contribution < 1.29 is 13.2 Å². The second-order valence-electron chi connectivity index (χ2n) is 5.49. The molecule has 1 aliphatic rings. The summed E-state index contributed by atoms with van der Waals surface area (Å²) in [6, 6.07) is 5.38. The number of hydrogen-bond acceptors (Lipinski definition) is 4. The lowest BCUT2D eigenvalue weighted by molar-refractivity contribution is 0.0956. The van der Waals surface area contributed by atoms with Gasteiger partial charge in [0.15, 0.2) is 9.84 Å². The Balaban J connectivity index is 2.15. The lowest BCUT2D eigenvalue weighted by Crippen LogP contribution is -2.35. The summed E-state index contributed by atoms with van der Waals surface area (Å²) in [5, 5.41) is 6.05. The number of amides is 1. The maximum Gasteiger partial charge on any atom is 0.251 e. The first-order valence-corrected chi connectivity index (χ1v) is 9.09. The second-order valence-corrected chi connectivity index (χ2v) is 7.72. The monoisotopic (exact) mass is 310 g/mol. The molecular formula is C15H22N2O3S. The van der Waals surface area contributed by atoms with Crippen LogP contribution in [0.1, 0.15) is 35.7 Å². The van der Waals surface area contributed by atoms with Crippen molar-refractivity contribution in [3.8, 4) is 0 Å². The van der Waals surface area contributed by atoms with Gasteiger partial charge in [-0.05, 0) is 44.4 Å². The van der Waals surface area contributed by atoms with E-state index in [-0.39, 0.29) is 23.5 Å². The molecule has 1 fully saturated rings. The molecule has 2 N–H and O–H groups in total. The number of carbonyl (C=O) groups excluding carboxylic acids is 1. The van der Waals surface area contributed by atoms with E-state index >= 15 is 0 Å². The molecule has 0 aliphatic carbocycles. The van der Waals surface area contributed by atoms with Crippen molar-refractivity contribution >= 4 is 21.4 Å². The van der Waals surface area contributed by atoms with Gasteiger partial charge in [0, 0.05) is 23.8 Å². The molecule has 2 rings (SSSR count). The van der Waals surface area contributed by atoms with Crippen LogP contribution in [0.25, 0.3) is 0 Å². The van der Waals surface area contributed by atoms with Crippen LogP contribution in [0.3, 0.4) is 0 Å². The highest BCUT2D eigenvalue weighted by Gasteiger charge is 2.25. The van der Waals surface area contributed by atoms with E-state index < -0.39 is 9.84 Å². The average molecular weight is 310 g/mol. The molecule has 1 aromatic rings. The Morgan fingerprint density at radius 3 is 2.81 bits per heavy atom. The minimum atomic E-state index is -2.94. The van der Waals surface area contributed by atoms with Crippen molar-refractivity contribution in [1.82, 2.24) is 5.32 Å². The van der Waals surface area contributed by atoms with E-state index in [9.17, 15) is 13.2 Å². The standard InChI is InChI=1S/C15H22N2O3S/c1-3-16-15(18)12-7-6-11(2)14(9-12)17-13-5-4-8-21(19,20)10-13/h6-7,9,13,17H,3-5,8,10H2,1-2H3,(H,16,18). The smallest absolute Gasteiger partial charge is 0.251 e. The minimum absolute atomic E-state index is 0.0769. The maximum atomic E-state index is 11.9. The highest BCUT2D eigenvalue weighted by molar-refractivity contribution is 7.91. The average Bonchev–Trinajstić information content (AvgIpc) is 2.40. The Kier molecular flexibility index (Phi) is 4.88. The number of nitrogens with one attached hydrogen (secondary N) is 2. The highest BCUT2D eigenvalue weighted by Crippen LogP contribution is 2.22. The van der Waals surface area contributed by atoms with E-state index in [1.54, 1.807) is 12.1 Å². The predicted molar refractivity (Wildman–Crippen MR) is 84.5 cm³/mol. The fourth-order valence-corrected chi connectivity index (χ4v) is 4.17. The second kappa shape index (κ2) is 6.47. The molecule has 0 spiro atoms. The van der Waals surface area contributed by atoms with Gasteiger partial charge in [-0.15, -0.1) is 0 Å². The van der Waals surface area contributed by atoms with Gasteiger partial charge in [-0.1, -0.05) is 6.07 Å². The van der Waals surface area contributed by atoms with Crippen LogP contribution >= 0.6 is 0 Å². The van der Waals surface area contributed by atoms with Gasteiger partial charge in [-0.25, -0.2) is 8.42 Å². The van der Waals surface area contributed by atoms with E-state index in [2.05, 4.69) is 10.6 Å². The molecule has 1 heterocycles. The van der Waals surface area contributed by atoms with E-state index in [0.717, 1.165) is 17.7 Å². The zero-order chi connectivity index (χ0) is 15.5. The van der Waals surface area contributed by atoms with Gasteiger partial charge >= 0.3 is 0 Å². The van der Waals surface area contributed by atoms with E-state index in [1.165, 1.54) is 0 Å². The van der Waals surface area contributed by atoms with Crippen LogP contribution in [0.15, 0.2) is 18.2 Å². The fourth-order valence-electron chi connectivity index (χ4n) is 2.54. The quantitative estimate of drug-likeness (QED) is 0.888. The van der Waals surface area contributed by atoms with Crippen LogP contribution in [0, 0.1) is 6.92 Å². The Labute approximate surface area is 126 Å². The maximum absolute atomic E-state index is 11.9. The number of hydrogen-bond donors (Lipinski definition) is 2. The van der Waals surface area contributed by atoms with E-state index in [1.807, 2.05) is 19.9 Å². The van der Waals surface area contributed by atoms with Gasteiger partial charge in [0.25, 0.3) is 5.91 Å². The third-order valence-electron chi connectivity index (χ3n) is 3.66. The van der Waals surface area contributed by atoms with Crippen LogP contribution < -0.4 is 10.6 Å². The molecule has 1 unspecified atom stereocenters. The lowest BCUT2D eigenvalue weighted by atomic mass is 10.1. The van der Waals surface area contributed by atoms with Crippen LogP contribution in [-0.4, -0.2) is 38.4 Å². The summed E-state index contributed by atoms with van der Waals surface area (Å²) in [7, 11) is -2.94. The first kappa shape index (κ1) is 15.8. The summed E-state index contributed by atoms with van der Waals surface area (Å²) < 4.78 is 23.4. The molecule has 6 heteroatoms. The molecule has 1 atom stereocenters. The van der Waals surface area contributed by atoms with Crippen molar-refractivity contribution in [2.24, 2.45) is 0 Å². The normalized spacial score (nSPS) is 20.8. The fraction of sp³-hybridized carbons (Fsp3) is 0.533. The predicted octanol–water partition coefficient (Wildman–Crippen LogP) is 1.73. The van der Waals surface area contributed by atoms with Crippen molar-refractivity contribution in [3.63, 3.8) is 0 Å². The van der Waals surface area contributed by atoms with Crippen molar-refractivity contribution in [1.29, 1.82) is 0 Å². The van der Waals surface area contributed by atoms with Gasteiger partial charge in [-0.2, -0.15) is 0 Å². The van der Waals surface area contributed by atoms with Gasteiger partial charge in [0.2, 0.25) is 0 Å². The van der Waals surface area contributed by atoms with E-state index in [0.29, 0.717) is 18.5 Å². The number of rotatable bonds is 4. The van der Waals surface area contributed by atoms with E-state index in [4.69, 9.17) is 0 Å². The van der Waals surface area contributed by atoms with Gasteiger partial charge in [-0.3, -0.25) is 4.79 Å². The third kappa shape index (κ3) is 4.20. The molecule has 0 aromatic heterocycles. The number of carbonyl (C=O) groups is 1. The summed E-state index contributed by atoms with van der Waals surface area (Å²) in [6.07, 6.45) is 1.53. The first-order valence-electron chi connectivity index (χ1n) is 7.27. The summed E-state index contributed by atoms with van der Waals surface area (Å²) >= 11 is 0. The lowest BCUT2D eigenvalue weighted by Gasteiger charge is -2.25.